The van der Waals surface area contributed by atoms with Crippen molar-refractivity contribution in [3.63, 3.8) is 0 Å². The summed E-state index contributed by atoms with van der Waals surface area (Å²) in [5.41, 5.74) is 18.8. The SMILES string of the molecule is c1ccc(-c2ccc(-c3nc(-c4cccc5c4oc4ccccc45)nc(-n4c5ccccc5c5ccccc54)n3)cc2)cc1.c1ccc(-c2nc(-c3cccc4c3oc3ccccc34)nc(-n3c4ccccc4c4ccccc43)n2)cc1.c1ccc2cc(-c3nc(-c4ccc5c(c4)oc4ccccc45)nc(-n4c5ccccc5c5ccccc54)n3)ccc2c1. The number of hydrogen-bond donors (Lipinski definition) is 0. The first-order chi connectivity index (χ1) is 61.5. The summed E-state index contributed by atoms with van der Waals surface area (Å²) in [4.78, 5) is 45.6. The molecule has 0 unspecified atom stereocenters. The predicted molar refractivity (Wildman–Crippen MR) is 500 cm³/mol. The van der Waals surface area contributed by atoms with Crippen LogP contribution in [0.25, 0.3) is 239 Å². The average molecular weight is 1590 g/mol. The highest BCUT2D eigenvalue weighted by molar-refractivity contribution is 6.14. The second-order valence-electron chi connectivity index (χ2n) is 30.7. The number of fused-ring (bicyclic) bond motifs is 19. The van der Waals surface area contributed by atoms with Crippen molar-refractivity contribution in [2.24, 2.45) is 0 Å². The molecule has 15 nitrogen and oxygen atoms in total. The molecule has 0 aliphatic carbocycles. The molecule has 9 heterocycles. The molecule has 26 rings (SSSR count). The number of nitrogens with zero attached hydrogens (tertiary/aromatic N) is 12. The summed E-state index contributed by atoms with van der Waals surface area (Å²) in [6.45, 7) is 0. The molecule has 0 bridgehead atoms. The third kappa shape index (κ3) is 12.2. The van der Waals surface area contributed by atoms with Crippen molar-refractivity contribution in [2.45, 2.75) is 0 Å². The van der Waals surface area contributed by atoms with Gasteiger partial charge in [-0.05, 0) is 107 Å². The maximum absolute atomic E-state index is 6.41. The summed E-state index contributed by atoms with van der Waals surface area (Å²) in [7, 11) is 0. The lowest BCUT2D eigenvalue weighted by molar-refractivity contribution is 0.668. The molecule has 17 aromatic carbocycles. The van der Waals surface area contributed by atoms with Gasteiger partial charge in [-0.1, -0.05) is 315 Å². The summed E-state index contributed by atoms with van der Waals surface area (Å²) in [6, 6.07) is 137. The molecule has 0 aliphatic heterocycles. The quantitative estimate of drug-likeness (QED) is 0.127. The molecule has 0 N–H and O–H groups in total. The fourth-order valence-corrected chi connectivity index (χ4v) is 17.6. The Morgan fingerprint density at radius 3 is 0.887 bits per heavy atom. The topological polar surface area (TPSA) is 170 Å². The molecule has 0 fully saturated rings. The molecule has 9 aromatic heterocycles. The molecule has 15 heteroatoms. The Hall–Kier alpha value is -17.2. The van der Waals surface area contributed by atoms with Crippen molar-refractivity contribution in [3.8, 4) is 97.3 Å². The van der Waals surface area contributed by atoms with Crippen LogP contribution in [0.3, 0.4) is 0 Å². The Morgan fingerprint density at radius 2 is 0.444 bits per heavy atom. The number of para-hydroxylation sites is 11. The highest BCUT2D eigenvalue weighted by Gasteiger charge is 2.25. The Morgan fingerprint density at radius 1 is 0.161 bits per heavy atom. The minimum Gasteiger partial charge on any atom is -0.456 e. The van der Waals surface area contributed by atoms with E-state index in [1.54, 1.807) is 0 Å². The summed E-state index contributed by atoms with van der Waals surface area (Å²) in [5, 5.41) is 15.6. The van der Waals surface area contributed by atoms with Gasteiger partial charge in [0.25, 0.3) is 0 Å². The van der Waals surface area contributed by atoms with Crippen LogP contribution in [0.5, 0.6) is 0 Å². The van der Waals surface area contributed by atoms with Crippen LogP contribution in [-0.2, 0) is 0 Å². The van der Waals surface area contributed by atoms with Gasteiger partial charge in [0.1, 0.15) is 33.5 Å². The molecule has 0 spiro atoms. The largest absolute Gasteiger partial charge is 0.456 e. The molecule has 124 heavy (non-hydrogen) atoms. The van der Waals surface area contributed by atoms with Crippen LogP contribution in [0.15, 0.2) is 414 Å². The van der Waals surface area contributed by atoms with Crippen molar-refractivity contribution < 1.29 is 13.3 Å². The normalized spacial score (nSPS) is 11.7. The molecular formula is C109H66N12O3. The van der Waals surface area contributed by atoms with Gasteiger partial charge in [-0.3, -0.25) is 13.7 Å². The van der Waals surface area contributed by atoms with Crippen LogP contribution in [0.2, 0.25) is 0 Å². The average Bonchev–Trinajstić information content (AvgIpc) is 1.60. The zero-order valence-electron chi connectivity index (χ0n) is 66.2. The van der Waals surface area contributed by atoms with E-state index < -0.39 is 0 Å². The molecule has 0 saturated carbocycles. The lowest BCUT2D eigenvalue weighted by atomic mass is 10.0. The predicted octanol–water partition coefficient (Wildman–Crippen LogP) is 27.4. The highest BCUT2D eigenvalue weighted by atomic mass is 16.3. The standard InChI is InChI=1S/C39H24N4O.C37H22N4O.C33H20N4O/c1-2-11-25(12-3-1)26-21-23-27(24-22-26)37-40-38(32-17-10-16-31-30-15-6-9-20-35(30)44-36(31)32)42-39(41-37)43-33-18-7-4-13-28(33)29-14-5-8-19-34(29)43;1-2-10-24-21-25(18-17-23(24)9-1)35-38-36(26-19-20-30-29-13-5-8-16-33(29)42-34(30)22-26)40-37(39-35)41-31-14-6-3-11-27(31)28-12-4-7-15-32(28)41;1-2-11-21(12-3-1)31-34-32(26-17-10-16-25-24-15-6-9-20-29(24)38-30(25)26)36-33(35-31)37-27-18-7-4-13-22(27)23-14-5-8-19-28(23)37/h1-24H;1-22H;1-20H. The molecule has 0 radical (unpaired) electrons. The summed E-state index contributed by atoms with van der Waals surface area (Å²) < 4.78 is 25.4. The van der Waals surface area contributed by atoms with E-state index in [0.717, 1.165) is 181 Å². The fourth-order valence-electron chi connectivity index (χ4n) is 17.6. The second-order valence-corrected chi connectivity index (χ2v) is 30.7. The minimum atomic E-state index is 0.558. The summed E-state index contributed by atoms with van der Waals surface area (Å²) in [6.07, 6.45) is 0. The zero-order valence-corrected chi connectivity index (χ0v) is 66.2. The number of benzene rings is 17. The monoisotopic (exact) mass is 1590 g/mol. The minimum absolute atomic E-state index is 0.558. The van der Waals surface area contributed by atoms with Crippen molar-refractivity contribution in [2.75, 3.05) is 0 Å². The maximum atomic E-state index is 6.41. The van der Waals surface area contributed by atoms with E-state index in [1.165, 1.54) is 5.39 Å². The molecular weight excluding hydrogens is 1530 g/mol. The lowest BCUT2D eigenvalue weighted by Gasteiger charge is -2.11. The number of aromatic nitrogens is 12. The Kier molecular flexibility index (Phi) is 16.8. The van der Waals surface area contributed by atoms with E-state index in [-0.39, 0.29) is 0 Å². The molecule has 0 atom stereocenters. The van der Waals surface area contributed by atoms with Crippen LogP contribution < -0.4 is 0 Å². The van der Waals surface area contributed by atoms with Crippen molar-refractivity contribution in [1.29, 1.82) is 0 Å². The van der Waals surface area contributed by atoms with E-state index in [0.29, 0.717) is 52.8 Å². The van der Waals surface area contributed by atoms with E-state index >= 15 is 0 Å². The van der Waals surface area contributed by atoms with Gasteiger partial charge in [-0.25, -0.2) is 15.0 Å². The van der Waals surface area contributed by atoms with Crippen LogP contribution in [-0.4, -0.2) is 58.6 Å². The van der Waals surface area contributed by atoms with Gasteiger partial charge in [0.05, 0.1) is 44.2 Å². The van der Waals surface area contributed by atoms with Crippen LogP contribution in [0.4, 0.5) is 0 Å². The third-order valence-electron chi connectivity index (χ3n) is 23.4. The van der Waals surface area contributed by atoms with Crippen LogP contribution in [0, 0.1) is 0 Å². The first-order valence-corrected chi connectivity index (χ1v) is 41.1. The highest BCUT2D eigenvalue weighted by Crippen LogP contribution is 2.42. The third-order valence-corrected chi connectivity index (χ3v) is 23.4. The second kappa shape index (κ2) is 29.4. The van der Waals surface area contributed by atoms with E-state index in [4.69, 9.17) is 58.1 Å². The molecule has 26 aromatic rings. The van der Waals surface area contributed by atoms with Crippen LogP contribution in [0.1, 0.15) is 0 Å². The van der Waals surface area contributed by atoms with Gasteiger partial charge < -0.3 is 13.3 Å². The number of rotatable bonds is 10. The summed E-state index contributed by atoms with van der Waals surface area (Å²) in [5.74, 6) is 5.25. The van der Waals surface area contributed by atoms with Gasteiger partial charge in [0, 0.05) is 86.9 Å². The van der Waals surface area contributed by atoms with Gasteiger partial charge in [0.15, 0.2) is 34.9 Å². The molecule has 0 aliphatic rings. The maximum Gasteiger partial charge on any atom is 0.238 e. The Bertz CT molecular complexity index is 8570. The molecule has 0 amide bonds. The fraction of sp³-hybridized carbons (Fsp3) is 0. The van der Waals surface area contributed by atoms with E-state index in [2.05, 4.69) is 281 Å². The van der Waals surface area contributed by atoms with Gasteiger partial charge >= 0.3 is 0 Å². The van der Waals surface area contributed by atoms with Gasteiger partial charge in [-0.15, -0.1) is 0 Å². The number of hydrogen-bond acceptors (Lipinski definition) is 12. The van der Waals surface area contributed by atoms with Gasteiger partial charge in [0.2, 0.25) is 17.8 Å². The molecule has 580 valence electrons. The van der Waals surface area contributed by atoms with E-state index in [1.807, 2.05) is 133 Å². The number of furan rings is 3. The first kappa shape index (κ1) is 71.0. The Balaban J connectivity index is 0.000000105. The van der Waals surface area contributed by atoms with Crippen molar-refractivity contribution in [1.82, 2.24) is 58.6 Å². The van der Waals surface area contributed by atoms with Crippen molar-refractivity contribution in [3.05, 3.63) is 400 Å². The molecule has 0 saturated heterocycles. The van der Waals surface area contributed by atoms with Gasteiger partial charge in [-0.2, -0.15) is 29.9 Å². The van der Waals surface area contributed by atoms with E-state index in [9.17, 15) is 0 Å². The summed E-state index contributed by atoms with van der Waals surface area (Å²) >= 11 is 0. The first-order valence-electron chi connectivity index (χ1n) is 41.1. The van der Waals surface area contributed by atoms with Crippen molar-refractivity contribution >= 4 is 142 Å². The lowest BCUT2D eigenvalue weighted by Crippen LogP contribution is -2.06. The van der Waals surface area contributed by atoms with Crippen LogP contribution >= 0.6 is 0 Å². The Labute approximate surface area is 707 Å². The smallest absolute Gasteiger partial charge is 0.238 e. The zero-order chi connectivity index (χ0) is 81.7.